The maximum Gasteiger partial charge on any atom is 0.129 e. The lowest BCUT2D eigenvalue weighted by molar-refractivity contribution is 0.750. The highest BCUT2D eigenvalue weighted by atomic mass is 32.2. The molecule has 3 nitrogen and oxygen atoms in total. The Morgan fingerprint density at radius 1 is 1.44 bits per heavy atom. The second-order valence-corrected chi connectivity index (χ2v) is 5.85. The van der Waals surface area contributed by atoms with E-state index in [1.807, 2.05) is 13.0 Å². The van der Waals surface area contributed by atoms with Crippen molar-refractivity contribution in [2.24, 2.45) is 0 Å². The molecule has 2 unspecified atom stereocenters. The van der Waals surface area contributed by atoms with Crippen molar-refractivity contribution in [2.45, 2.75) is 44.4 Å². The fourth-order valence-corrected chi connectivity index (χ4v) is 3.34. The number of hydrogen-bond donors (Lipinski definition) is 1. The highest BCUT2D eigenvalue weighted by molar-refractivity contribution is 7.99. The van der Waals surface area contributed by atoms with Crippen LogP contribution in [0.3, 0.4) is 0 Å². The van der Waals surface area contributed by atoms with Gasteiger partial charge in [0.15, 0.2) is 0 Å². The molecule has 1 fully saturated rings. The zero-order valence-corrected chi connectivity index (χ0v) is 10.8. The van der Waals surface area contributed by atoms with Gasteiger partial charge in [0, 0.05) is 23.1 Å². The van der Waals surface area contributed by atoms with Gasteiger partial charge in [-0.2, -0.15) is 11.8 Å². The van der Waals surface area contributed by atoms with Crippen molar-refractivity contribution in [2.75, 3.05) is 11.1 Å². The number of nitrogens with one attached hydrogen (secondary N) is 1. The van der Waals surface area contributed by atoms with E-state index >= 15 is 0 Å². The van der Waals surface area contributed by atoms with Gasteiger partial charge in [-0.25, -0.2) is 9.97 Å². The summed E-state index contributed by atoms with van der Waals surface area (Å²) in [6.07, 6.45) is 5.49. The lowest BCUT2D eigenvalue weighted by Crippen LogP contribution is -2.17. The van der Waals surface area contributed by atoms with Crippen LogP contribution in [0.25, 0.3) is 0 Å². The number of anilines is 1. The number of rotatable bonds is 4. The van der Waals surface area contributed by atoms with Crippen molar-refractivity contribution < 1.29 is 0 Å². The summed E-state index contributed by atoms with van der Waals surface area (Å²) in [5.74, 6) is 2.20. The van der Waals surface area contributed by atoms with E-state index in [9.17, 15) is 0 Å². The first-order valence-corrected chi connectivity index (χ1v) is 6.99. The molecule has 1 aromatic rings. The van der Waals surface area contributed by atoms with Gasteiger partial charge in [0.2, 0.25) is 0 Å². The van der Waals surface area contributed by atoms with Gasteiger partial charge in [-0.15, -0.1) is 0 Å². The van der Waals surface area contributed by atoms with Gasteiger partial charge in [-0.05, 0) is 31.9 Å². The van der Waals surface area contributed by atoms with Crippen LogP contribution in [0.15, 0.2) is 12.4 Å². The quantitative estimate of drug-likeness (QED) is 0.874. The summed E-state index contributed by atoms with van der Waals surface area (Å²) in [5.41, 5.74) is 1.02. The Balaban J connectivity index is 1.87. The monoisotopic (exact) mass is 237 g/mol. The molecule has 0 aliphatic heterocycles. The molecule has 1 saturated carbocycles. The summed E-state index contributed by atoms with van der Waals surface area (Å²) in [5, 5.41) is 4.34. The number of hydrogen-bond acceptors (Lipinski definition) is 4. The Kier molecular flexibility index (Phi) is 4.04. The van der Waals surface area contributed by atoms with E-state index in [2.05, 4.69) is 34.0 Å². The van der Waals surface area contributed by atoms with Gasteiger partial charge in [-0.3, -0.25) is 0 Å². The first kappa shape index (κ1) is 11.7. The molecule has 1 aromatic heterocycles. The minimum absolute atomic E-state index is 0.596. The van der Waals surface area contributed by atoms with E-state index in [-0.39, 0.29) is 0 Å². The Labute approximate surface area is 101 Å². The van der Waals surface area contributed by atoms with Crippen molar-refractivity contribution in [3.8, 4) is 0 Å². The summed E-state index contributed by atoms with van der Waals surface area (Å²) in [6, 6.07) is 2.61. The minimum Gasteiger partial charge on any atom is -0.367 e. The normalized spacial score (nSPS) is 24.6. The molecule has 1 heterocycles. The van der Waals surface area contributed by atoms with E-state index in [0.29, 0.717) is 6.04 Å². The van der Waals surface area contributed by atoms with Crippen molar-refractivity contribution in [1.82, 2.24) is 9.97 Å². The third kappa shape index (κ3) is 3.11. The van der Waals surface area contributed by atoms with Crippen LogP contribution in [0, 0.1) is 6.92 Å². The highest BCUT2D eigenvalue weighted by Gasteiger charge is 2.24. The molecule has 0 amide bonds. The smallest absolute Gasteiger partial charge is 0.129 e. The fraction of sp³-hybridized carbons (Fsp3) is 0.667. The summed E-state index contributed by atoms with van der Waals surface area (Å²) in [4.78, 5) is 8.35. The molecule has 1 aliphatic carbocycles. The van der Waals surface area contributed by atoms with Gasteiger partial charge >= 0.3 is 0 Å². The Bertz CT molecular complexity index is 343. The number of aromatic nitrogens is 2. The number of thioether (sulfide) groups is 1. The summed E-state index contributed by atoms with van der Waals surface area (Å²) in [6.45, 7) is 4.23. The van der Waals surface area contributed by atoms with Crippen molar-refractivity contribution >= 4 is 17.6 Å². The molecule has 0 radical (unpaired) electrons. The molecule has 0 aromatic carbocycles. The van der Waals surface area contributed by atoms with Crippen LogP contribution in [0.5, 0.6) is 0 Å². The lowest BCUT2D eigenvalue weighted by Gasteiger charge is -2.13. The van der Waals surface area contributed by atoms with E-state index in [1.54, 1.807) is 6.33 Å². The van der Waals surface area contributed by atoms with Gasteiger partial charge in [0.05, 0.1) is 0 Å². The third-order valence-electron chi connectivity index (χ3n) is 2.94. The van der Waals surface area contributed by atoms with Crippen molar-refractivity contribution in [3.05, 3.63) is 18.1 Å². The maximum absolute atomic E-state index is 4.25. The molecule has 1 aliphatic rings. The predicted molar refractivity (Wildman–Crippen MR) is 70.0 cm³/mol. The minimum atomic E-state index is 0.596. The Morgan fingerprint density at radius 3 is 3.06 bits per heavy atom. The van der Waals surface area contributed by atoms with E-state index in [1.165, 1.54) is 25.0 Å². The standard InChI is InChI=1S/C12H19N3S/c1-3-16-11-5-4-10(7-11)15-12-6-9(2)13-8-14-12/h6,8,10-11H,3-5,7H2,1-2H3,(H,13,14,15). The molecule has 2 atom stereocenters. The first-order valence-electron chi connectivity index (χ1n) is 5.94. The Hall–Kier alpha value is -0.770. The molecular weight excluding hydrogens is 218 g/mol. The van der Waals surface area contributed by atoms with Crippen LogP contribution in [0.2, 0.25) is 0 Å². The Morgan fingerprint density at radius 2 is 2.31 bits per heavy atom. The number of aryl methyl sites for hydroxylation is 1. The van der Waals surface area contributed by atoms with Crippen LogP contribution in [-0.4, -0.2) is 27.0 Å². The zero-order valence-electron chi connectivity index (χ0n) is 9.94. The molecule has 0 saturated heterocycles. The van der Waals surface area contributed by atoms with Gasteiger partial charge in [-0.1, -0.05) is 6.92 Å². The third-order valence-corrected chi connectivity index (χ3v) is 4.18. The average molecular weight is 237 g/mol. The fourth-order valence-electron chi connectivity index (χ4n) is 2.20. The SMILES string of the molecule is CCSC1CCC(Nc2cc(C)ncn2)C1. The topological polar surface area (TPSA) is 37.8 Å². The molecule has 0 bridgehead atoms. The summed E-state index contributed by atoms with van der Waals surface area (Å²) < 4.78 is 0. The highest BCUT2D eigenvalue weighted by Crippen LogP contribution is 2.31. The largest absolute Gasteiger partial charge is 0.367 e. The van der Waals surface area contributed by atoms with Crippen LogP contribution >= 0.6 is 11.8 Å². The van der Waals surface area contributed by atoms with Crippen molar-refractivity contribution in [1.29, 1.82) is 0 Å². The maximum atomic E-state index is 4.25. The van der Waals surface area contributed by atoms with Crippen LogP contribution in [0.4, 0.5) is 5.82 Å². The predicted octanol–water partition coefficient (Wildman–Crippen LogP) is 2.87. The first-order chi connectivity index (χ1) is 7.78. The van der Waals surface area contributed by atoms with Gasteiger partial charge in [0.1, 0.15) is 12.1 Å². The summed E-state index contributed by atoms with van der Waals surface area (Å²) in [7, 11) is 0. The van der Waals surface area contributed by atoms with E-state index < -0.39 is 0 Å². The van der Waals surface area contributed by atoms with E-state index in [4.69, 9.17) is 0 Å². The molecule has 88 valence electrons. The average Bonchev–Trinajstić information content (AvgIpc) is 2.66. The molecule has 1 N–H and O–H groups in total. The molecular formula is C12H19N3S. The molecule has 4 heteroatoms. The lowest BCUT2D eigenvalue weighted by atomic mass is 10.2. The van der Waals surface area contributed by atoms with Crippen LogP contribution < -0.4 is 5.32 Å². The molecule has 2 rings (SSSR count). The zero-order chi connectivity index (χ0) is 11.4. The molecule has 16 heavy (non-hydrogen) atoms. The van der Waals surface area contributed by atoms with E-state index in [0.717, 1.165) is 16.8 Å². The summed E-state index contributed by atoms with van der Waals surface area (Å²) >= 11 is 2.08. The van der Waals surface area contributed by atoms with Crippen molar-refractivity contribution in [3.63, 3.8) is 0 Å². The van der Waals surface area contributed by atoms with Crippen LogP contribution in [-0.2, 0) is 0 Å². The second-order valence-electron chi connectivity index (χ2n) is 4.28. The molecule has 0 spiro atoms. The van der Waals surface area contributed by atoms with Gasteiger partial charge in [0.25, 0.3) is 0 Å². The van der Waals surface area contributed by atoms with Crippen LogP contribution in [0.1, 0.15) is 31.9 Å². The second kappa shape index (κ2) is 5.53. The van der Waals surface area contributed by atoms with Gasteiger partial charge < -0.3 is 5.32 Å². The number of nitrogens with zero attached hydrogens (tertiary/aromatic N) is 2.